The normalized spacial score (nSPS) is 37.6. The summed E-state index contributed by atoms with van der Waals surface area (Å²) in [4.78, 5) is 2.60. The van der Waals surface area contributed by atoms with E-state index in [4.69, 9.17) is 0 Å². The van der Waals surface area contributed by atoms with E-state index in [2.05, 4.69) is 4.90 Å². The molecule has 0 aromatic heterocycles. The number of aliphatic hydroxyl groups is 1. The number of fused-ring (bicyclic) bond motifs is 1. The molecular formula is C11H21NO. The molecule has 13 heavy (non-hydrogen) atoms. The largest absolute Gasteiger partial charge is 0.393 e. The quantitative estimate of drug-likeness (QED) is 0.619. The van der Waals surface area contributed by atoms with Crippen LogP contribution in [0.3, 0.4) is 0 Å². The van der Waals surface area contributed by atoms with E-state index in [9.17, 15) is 5.11 Å². The van der Waals surface area contributed by atoms with Crippen LogP contribution in [-0.4, -0.2) is 35.2 Å². The summed E-state index contributed by atoms with van der Waals surface area (Å²) in [5.41, 5.74) is 0. The Labute approximate surface area is 80.9 Å². The first-order chi connectivity index (χ1) is 6.36. The Morgan fingerprint density at radius 1 is 0.923 bits per heavy atom. The van der Waals surface area contributed by atoms with Gasteiger partial charge in [-0.3, -0.25) is 0 Å². The molecule has 2 rings (SSSR count). The first-order valence-corrected chi connectivity index (χ1v) is 5.78. The van der Waals surface area contributed by atoms with Crippen molar-refractivity contribution in [3.05, 3.63) is 0 Å². The predicted molar refractivity (Wildman–Crippen MR) is 53.7 cm³/mol. The monoisotopic (exact) mass is 183 g/mol. The summed E-state index contributed by atoms with van der Waals surface area (Å²) in [6.45, 7) is 2.41. The number of hydrogen-bond donors (Lipinski definition) is 1. The maximum Gasteiger partial charge on any atom is 0.0567 e. The standard InChI is InChI=1S/C11H21NO/c13-11-6-8-12-7-4-2-1-3-5-10(12)9-11/h10-11,13H,1-9H2. The first kappa shape index (κ1) is 9.47. The molecule has 2 heterocycles. The first-order valence-electron chi connectivity index (χ1n) is 5.78. The third-order valence-electron chi connectivity index (χ3n) is 3.54. The highest BCUT2D eigenvalue weighted by atomic mass is 16.3. The Hall–Kier alpha value is -0.0800. The molecule has 1 N–H and O–H groups in total. The van der Waals surface area contributed by atoms with Crippen molar-refractivity contribution in [2.45, 2.75) is 57.1 Å². The molecule has 76 valence electrons. The Morgan fingerprint density at radius 2 is 1.77 bits per heavy atom. The summed E-state index contributed by atoms with van der Waals surface area (Å²) in [5.74, 6) is 0. The van der Waals surface area contributed by atoms with Gasteiger partial charge in [-0.1, -0.05) is 19.3 Å². The summed E-state index contributed by atoms with van der Waals surface area (Å²) in [5, 5.41) is 9.58. The molecule has 0 aromatic carbocycles. The van der Waals surface area contributed by atoms with Crippen LogP contribution in [0, 0.1) is 0 Å². The van der Waals surface area contributed by atoms with Crippen LogP contribution in [-0.2, 0) is 0 Å². The second-order valence-corrected chi connectivity index (χ2v) is 4.57. The van der Waals surface area contributed by atoms with Gasteiger partial charge < -0.3 is 10.0 Å². The molecule has 0 spiro atoms. The van der Waals surface area contributed by atoms with Crippen LogP contribution in [0.4, 0.5) is 0 Å². The molecule has 0 aromatic rings. The van der Waals surface area contributed by atoms with E-state index in [1.807, 2.05) is 0 Å². The maximum absolute atomic E-state index is 9.58. The van der Waals surface area contributed by atoms with Gasteiger partial charge in [0.1, 0.15) is 0 Å². The second-order valence-electron chi connectivity index (χ2n) is 4.57. The van der Waals surface area contributed by atoms with Crippen LogP contribution >= 0.6 is 0 Å². The van der Waals surface area contributed by atoms with Crippen molar-refractivity contribution in [1.29, 1.82) is 0 Å². The van der Waals surface area contributed by atoms with E-state index in [0.29, 0.717) is 6.04 Å². The summed E-state index contributed by atoms with van der Waals surface area (Å²) in [6.07, 6.45) is 8.88. The molecule has 2 fully saturated rings. The molecule has 2 saturated heterocycles. The van der Waals surface area contributed by atoms with Crippen molar-refractivity contribution < 1.29 is 5.11 Å². The smallest absolute Gasteiger partial charge is 0.0567 e. The number of nitrogens with zero attached hydrogens (tertiary/aromatic N) is 1. The Balaban J connectivity index is 1.91. The van der Waals surface area contributed by atoms with E-state index in [1.165, 1.54) is 38.6 Å². The molecule has 0 saturated carbocycles. The Kier molecular flexibility index (Phi) is 3.23. The van der Waals surface area contributed by atoms with Crippen LogP contribution in [0.5, 0.6) is 0 Å². The van der Waals surface area contributed by atoms with Gasteiger partial charge in [-0.15, -0.1) is 0 Å². The van der Waals surface area contributed by atoms with Crippen molar-refractivity contribution in [2.24, 2.45) is 0 Å². The highest BCUT2D eigenvalue weighted by molar-refractivity contribution is 4.82. The number of rotatable bonds is 0. The Bertz CT molecular complexity index is 158. The minimum atomic E-state index is -0.0133. The van der Waals surface area contributed by atoms with Crippen molar-refractivity contribution in [1.82, 2.24) is 4.90 Å². The van der Waals surface area contributed by atoms with Gasteiger partial charge in [0, 0.05) is 12.6 Å². The zero-order valence-corrected chi connectivity index (χ0v) is 8.41. The summed E-state index contributed by atoms with van der Waals surface area (Å²) < 4.78 is 0. The van der Waals surface area contributed by atoms with E-state index in [1.54, 1.807) is 0 Å². The Morgan fingerprint density at radius 3 is 2.69 bits per heavy atom. The summed E-state index contributed by atoms with van der Waals surface area (Å²) >= 11 is 0. The van der Waals surface area contributed by atoms with E-state index >= 15 is 0 Å². The minimum absolute atomic E-state index is 0.0133. The molecule has 2 heteroatoms. The third kappa shape index (κ3) is 2.44. The van der Waals surface area contributed by atoms with Crippen LogP contribution < -0.4 is 0 Å². The minimum Gasteiger partial charge on any atom is -0.393 e. The highest BCUT2D eigenvalue weighted by Crippen LogP contribution is 2.24. The van der Waals surface area contributed by atoms with Crippen LogP contribution in [0.15, 0.2) is 0 Å². The van der Waals surface area contributed by atoms with Crippen LogP contribution in [0.25, 0.3) is 0 Å². The van der Waals surface area contributed by atoms with Gasteiger partial charge in [-0.05, 0) is 32.2 Å². The van der Waals surface area contributed by atoms with Gasteiger partial charge in [0.2, 0.25) is 0 Å². The number of piperidine rings is 1. The second kappa shape index (κ2) is 4.43. The molecule has 2 nitrogen and oxygen atoms in total. The summed E-state index contributed by atoms with van der Waals surface area (Å²) in [6, 6.07) is 0.698. The SMILES string of the molecule is OC1CCN2CCCCCCC2C1. The maximum atomic E-state index is 9.58. The topological polar surface area (TPSA) is 23.5 Å². The lowest BCUT2D eigenvalue weighted by Crippen LogP contribution is -2.45. The molecule has 0 amide bonds. The van der Waals surface area contributed by atoms with Gasteiger partial charge in [0.15, 0.2) is 0 Å². The lowest BCUT2D eigenvalue weighted by atomic mass is 9.92. The predicted octanol–water partition coefficient (Wildman–Crippen LogP) is 1.78. The van der Waals surface area contributed by atoms with Crippen molar-refractivity contribution in [2.75, 3.05) is 13.1 Å². The van der Waals surface area contributed by atoms with Gasteiger partial charge in [0.05, 0.1) is 6.10 Å². The van der Waals surface area contributed by atoms with Gasteiger partial charge >= 0.3 is 0 Å². The molecule has 0 bridgehead atoms. The highest BCUT2D eigenvalue weighted by Gasteiger charge is 2.27. The average Bonchev–Trinajstić information content (AvgIpc) is 2.08. The number of hydrogen-bond acceptors (Lipinski definition) is 2. The lowest BCUT2D eigenvalue weighted by molar-refractivity contribution is 0.0329. The van der Waals surface area contributed by atoms with Crippen LogP contribution in [0.2, 0.25) is 0 Å². The zero-order chi connectivity index (χ0) is 9.10. The fourth-order valence-electron chi connectivity index (χ4n) is 2.72. The molecular weight excluding hydrogens is 162 g/mol. The van der Waals surface area contributed by atoms with E-state index in [0.717, 1.165) is 19.4 Å². The van der Waals surface area contributed by atoms with Crippen molar-refractivity contribution in [3.63, 3.8) is 0 Å². The molecule has 2 aliphatic heterocycles. The molecule has 0 aliphatic carbocycles. The third-order valence-corrected chi connectivity index (χ3v) is 3.54. The van der Waals surface area contributed by atoms with E-state index in [-0.39, 0.29) is 6.10 Å². The fraction of sp³-hybridized carbons (Fsp3) is 1.00. The number of aliphatic hydroxyl groups excluding tert-OH is 1. The van der Waals surface area contributed by atoms with Gasteiger partial charge in [-0.2, -0.15) is 0 Å². The van der Waals surface area contributed by atoms with E-state index < -0.39 is 0 Å². The molecule has 0 radical (unpaired) electrons. The summed E-state index contributed by atoms with van der Waals surface area (Å²) in [7, 11) is 0. The molecule has 2 atom stereocenters. The lowest BCUT2D eigenvalue weighted by Gasteiger charge is -2.39. The molecule has 2 unspecified atom stereocenters. The zero-order valence-electron chi connectivity index (χ0n) is 8.41. The molecule has 2 aliphatic rings. The van der Waals surface area contributed by atoms with Crippen molar-refractivity contribution >= 4 is 0 Å². The average molecular weight is 183 g/mol. The van der Waals surface area contributed by atoms with Gasteiger partial charge in [0.25, 0.3) is 0 Å². The van der Waals surface area contributed by atoms with Crippen LogP contribution in [0.1, 0.15) is 44.9 Å². The fourth-order valence-corrected chi connectivity index (χ4v) is 2.72. The van der Waals surface area contributed by atoms with Gasteiger partial charge in [-0.25, -0.2) is 0 Å². The van der Waals surface area contributed by atoms with Crippen molar-refractivity contribution in [3.8, 4) is 0 Å².